The third kappa shape index (κ3) is 4.31. The summed E-state index contributed by atoms with van der Waals surface area (Å²) >= 11 is 0. The van der Waals surface area contributed by atoms with Crippen LogP contribution in [0.1, 0.15) is 20.3 Å². The first-order valence-corrected chi connectivity index (χ1v) is 9.25. The van der Waals surface area contributed by atoms with Gasteiger partial charge in [-0.25, -0.2) is 0 Å². The van der Waals surface area contributed by atoms with E-state index in [4.69, 9.17) is 31.4 Å². The van der Waals surface area contributed by atoms with E-state index in [9.17, 15) is 15.0 Å². The molecule has 162 valence electrons. The van der Waals surface area contributed by atoms with E-state index < -0.39 is 54.4 Å². The molecule has 11 nitrogen and oxygen atoms in total. The minimum Gasteiger partial charge on any atom is -0.466 e. The molecule has 0 saturated heterocycles. The first-order valence-electron chi connectivity index (χ1n) is 9.25. The fourth-order valence-electron chi connectivity index (χ4n) is 3.80. The highest BCUT2D eigenvalue weighted by atomic mass is 16.7. The molecule has 9 atom stereocenters. The van der Waals surface area contributed by atoms with Crippen LogP contribution in [0.4, 0.5) is 0 Å². The van der Waals surface area contributed by atoms with Crippen molar-refractivity contribution in [2.24, 2.45) is 17.2 Å². The average Bonchev–Trinajstić information content (AvgIpc) is 2.62. The van der Waals surface area contributed by atoms with Crippen LogP contribution in [0.25, 0.3) is 0 Å². The predicted octanol–water partition coefficient (Wildman–Crippen LogP) is -3.19. The van der Waals surface area contributed by atoms with Crippen molar-refractivity contribution in [3.63, 3.8) is 0 Å². The Hall–Kier alpha value is -1.31. The number of carbonyl (C=O) groups excluding carboxylic acids is 1. The van der Waals surface area contributed by atoms with Gasteiger partial charge in [-0.2, -0.15) is 0 Å². The summed E-state index contributed by atoms with van der Waals surface area (Å²) in [5.74, 6) is -0.0144. The molecule has 2 aliphatic rings. The van der Waals surface area contributed by atoms with Gasteiger partial charge >= 0.3 is 0 Å². The Balaban J connectivity index is 2.37. The molecule has 0 spiro atoms. The number of carbonyl (C=O) groups is 1. The average molecular weight is 403 g/mol. The zero-order valence-electron chi connectivity index (χ0n) is 16.7. The van der Waals surface area contributed by atoms with Crippen molar-refractivity contribution in [3.8, 4) is 0 Å². The van der Waals surface area contributed by atoms with Crippen LogP contribution >= 0.6 is 0 Å². The predicted molar refractivity (Wildman–Crippen MR) is 100 cm³/mol. The molecule has 1 fully saturated rings. The summed E-state index contributed by atoms with van der Waals surface area (Å²) < 4.78 is 17.0. The Morgan fingerprint density at radius 3 is 2.61 bits per heavy atom. The van der Waals surface area contributed by atoms with Gasteiger partial charge in [0.1, 0.15) is 18.0 Å². The number of hydrogen-bond donors (Lipinski definition) is 7. The summed E-state index contributed by atoms with van der Waals surface area (Å²) in [6.07, 6.45) is -2.10. The summed E-state index contributed by atoms with van der Waals surface area (Å²) in [5, 5.41) is 27.4. The van der Waals surface area contributed by atoms with Crippen LogP contribution in [0.15, 0.2) is 11.8 Å². The van der Waals surface area contributed by atoms with E-state index in [0.717, 1.165) is 0 Å². The van der Waals surface area contributed by atoms with Crippen LogP contribution in [0.5, 0.6) is 0 Å². The molecule has 0 aromatic carbocycles. The lowest BCUT2D eigenvalue weighted by Gasteiger charge is -2.53. The van der Waals surface area contributed by atoms with Gasteiger partial charge in [-0.1, -0.05) is 0 Å². The van der Waals surface area contributed by atoms with Crippen molar-refractivity contribution in [1.29, 1.82) is 0 Å². The third-order valence-electron chi connectivity index (χ3n) is 5.20. The van der Waals surface area contributed by atoms with Crippen molar-refractivity contribution < 1.29 is 29.2 Å². The van der Waals surface area contributed by atoms with Gasteiger partial charge in [0.25, 0.3) is 0 Å². The number of rotatable bonds is 6. The van der Waals surface area contributed by atoms with Gasteiger partial charge in [0.15, 0.2) is 5.72 Å². The summed E-state index contributed by atoms with van der Waals surface area (Å²) in [6.45, 7) is 3.00. The van der Waals surface area contributed by atoms with Gasteiger partial charge in [0.05, 0.1) is 30.3 Å². The number of likely N-dealkylation sites (N-methyl/N-ethyl adjacent to an activating group) is 1. The van der Waals surface area contributed by atoms with Crippen LogP contribution < -0.4 is 27.8 Å². The maximum Gasteiger partial charge on any atom is 0.219 e. The quantitative estimate of drug-likeness (QED) is 0.223. The SMILES string of the molecule is CN[C@@H]1[C@@H](OC)[C@H](O)[C@H](N)[C@H](O[C@@H]2OC([C@H](C)N)=CC[C@@H]2N)[C@]1(O)NC(C)=O. The van der Waals surface area contributed by atoms with Crippen LogP contribution in [-0.4, -0.2) is 84.8 Å². The molecule has 2 rings (SSSR count). The number of aliphatic hydroxyl groups excluding tert-OH is 1. The Kier molecular flexibility index (Phi) is 7.39. The number of hydrogen-bond acceptors (Lipinski definition) is 10. The number of nitrogens with two attached hydrogens (primary N) is 3. The number of methoxy groups -OCH3 is 1. The number of ether oxygens (including phenoxy) is 3. The van der Waals surface area contributed by atoms with Crippen molar-refractivity contribution >= 4 is 5.91 Å². The fraction of sp³-hybridized carbons (Fsp3) is 0.824. The maximum absolute atomic E-state index is 11.8. The molecule has 0 aromatic heterocycles. The lowest BCUT2D eigenvalue weighted by Crippen LogP contribution is -2.81. The second kappa shape index (κ2) is 9.01. The number of amides is 1. The molecule has 10 N–H and O–H groups in total. The molecule has 11 heteroatoms. The molecule has 0 radical (unpaired) electrons. The van der Waals surface area contributed by atoms with Gasteiger partial charge in [-0.3, -0.25) is 4.79 Å². The van der Waals surface area contributed by atoms with Gasteiger partial charge in [-0.05, 0) is 26.5 Å². The van der Waals surface area contributed by atoms with E-state index in [2.05, 4.69) is 10.6 Å². The monoisotopic (exact) mass is 403 g/mol. The number of nitrogens with one attached hydrogen (secondary N) is 2. The highest BCUT2D eigenvalue weighted by Crippen LogP contribution is 2.33. The van der Waals surface area contributed by atoms with Crippen molar-refractivity contribution in [1.82, 2.24) is 10.6 Å². The first kappa shape index (κ1) is 23.0. The molecule has 1 aliphatic heterocycles. The second-order valence-electron chi connectivity index (χ2n) is 7.38. The molecule has 0 bridgehead atoms. The van der Waals surface area contributed by atoms with Gasteiger partial charge in [-0.15, -0.1) is 0 Å². The Morgan fingerprint density at radius 1 is 1.46 bits per heavy atom. The van der Waals surface area contributed by atoms with E-state index in [1.165, 1.54) is 14.0 Å². The first-order chi connectivity index (χ1) is 13.1. The molecular formula is C17H33N5O6. The van der Waals surface area contributed by atoms with E-state index in [1.54, 1.807) is 20.0 Å². The summed E-state index contributed by atoms with van der Waals surface area (Å²) in [7, 11) is 2.93. The lowest BCUT2D eigenvalue weighted by molar-refractivity contribution is -0.270. The van der Waals surface area contributed by atoms with E-state index in [0.29, 0.717) is 12.2 Å². The van der Waals surface area contributed by atoms with E-state index in [-0.39, 0.29) is 6.04 Å². The second-order valence-corrected chi connectivity index (χ2v) is 7.38. The minimum absolute atomic E-state index is 0.374. The Bertz CT molecular complexity index is 590. The van der Waals surface area contributed by atoms with Crippen molar-refractivity contribution in [2.45, 2.75) is 74.8 Å². The smallest absolute Gasteiger partial charge is 0.219 e. The molecule has 0 aromatic rings. The highest BCUT2D eigenvalue weighted by Gasteiger charge is 2.60. The van der Waals surface area contributed by atoms with E-state index >= 15 is 0 Å². The zero-order valence-corrected chi connectivity index (χ0v) is 16.7. The summed E-state index contributed by atoms with van der Waals surface area (Å²) in [5.41, 5.74) is 16.2. The highest BCUT2D eigenvalue weighted by molar-refractivity contribution is 5.74. The van der Waals surface area contributed by atoms with E-state index in [1.807, 2.05) is 0 Å². The third-order valence-corrected chi connectivity index (χ3v) is 5.20. The molecule has 1 amide bonds. The molecule has 0 unspecified atom stereocenters. The van der Waals surface area contributed by atoms with Gasteiger partial charge < -0.3 is 52.3 Å². The summed E-state index contributed by atoms with van der Waals surface area (Å²) in [6, 6.07) is -2.96. The summed E-state index contributed by atoms with van der Waals surface area (Å²) in [4.78, 5) is 11.8. The lowest BCUT2D eigenvalue weighted by atomic mass is 9.76. The largest absolute Gasteiger partial charge is 0.466 e. The minimum atomic E-state index is -2.00. The fourth-order valence-corrected chi connectivity index (χ4v) is 3.80. The van der Waals surface area contributed by atoms with Crippen molar-refractivity contribution in [3.05, 3.63) is 11.8 Å². The Morgan fingerprint density at radius 2 is 2.11 bits per heavy atom. The van der Waals surface area contributed by atoms with Crippen molar-refractivity contribution in [2.75, 3.05) is 14.2 Å². The zero-order chi connectivity index (χ0) is 21.2. The molecule has 28 heavy (non-hydrogen) atoms. The van der Waals surface area contributed by atoms with Gasteiger partial charge in [0, 0.05) is 14.0 Å². The molecule has 1 heterocycles. The molecule has 1 aliphatic carbocycles. The van der Waals surface area contributed by atoms with Crippen LogP contribution in [0.3, 0.4) is 0 Å². The van der Waals surface area contributed by atoms with Crippen LogP contribution in [-0.2, 0) is 19.0 Å². The van der Waals surface area contributed by atoms with Gasteiger partial charge in [0.2, 0.25) is 12.2 Å². The number of aliphatic hydroxyl groups is 2. The maximum atomic E-state index is 11.8. The molecule has 1 saturated carbocycles. The van der Waals surface area contributed by atoms with Crippen LogP contribution in [0.2, 0.25) is 0 Å². The molecular weight excluding hydrogens is 370 g/mol. The topological polar surface area (TPSA) is 187 Å². The normalized spacial score (nSPS) is 42.3. The standard InChI is InChI=1S/C17H33N5O6/c1-7(18)10-6-5-9(19)16(27-10)28-15-11(20)12(24)13(26-4)14(21-3)17(15,25)22-8(2)23/h6-7,9,11-16,21,24-25H,5,18-20H2,1-4H3,(H,22,23)/t7-,9-,11-,12+,13-,14+,15-,16-,17-/m0/s1. The van der Waals surface area contributed by atoms with Crippen LogP contribution in [0, 0.1) is 0 Å². The Labute approximate surface area is 164 Å².